The van der Waals surface area contributed by atoms with Gasteiger partial charge in [-0.05, 0) is 65.7 Å². The minimum absolute atomic E-state index is 0.00973. The topological polar surface area (TPSA) is 328 Å². The maximum Gasteiger partial charge on any atom is 0.333 e. The molecule has 0 fully saturated rings. The fourth-order valence-corrected chi connectivity index (χ4v) is 8.23. The van der Waals surface area contributed by atoms with Crippen LogP contribution in [0.3, 0.4) is 0 Å². The Bertz CT molecular complexity index is 2050. The van der Waals surface area contributed by atoms with Crippen LogP contribution in [0.4, 0.5) is 0 Å². The lowest BCUT2D eigenvalue weighted by molar-refractivity contribution is -0.127. The summed E-state index contributed by atoms with van der Waals surface area (Å²) in [5.74, 6) is -1.26. The molecule has 0 bridgehead atoms. The number of aryl methyl sites for hydroxylation is 3. The van der Waals surface area contributed by atoms with Crippen LogP contribution < -0.4 is 21.3 Å². The first-order valence-electron chi connectivity index (χ1n) is 27.0. The quantitative estimate of drug-likeness (QED) is 0.0401. The Hall–Kier alpha value is -5.12. The second-order valence-electron chi connectivity index (χ2n) is 20.0. The van der Waals surface area contributed by atoms with Crippen molar-refractivity contribution in [1.29, 1.82) is 0 Å². The summed E-state index contributed by atoms with van der Waals surface area (Å²) in [4.78, 5) is 76.7. The van der Waals surface area contributed by atoms with E-state index >= 15 is 0 Å². The molecule has 442 valence electrons. The third-order valence-electron chi connectivity index (χ3n) is 12.0. The van der Waals surface area contributed by atoms with Crippen molar-refractivity contribution in [3.8, 4) is 0 Å². The number of hydrogen-bond acceptors (Lipinski definition) is 19. The molecule has 0 aliphatic heterocycles. The second kappa shape index (κ2) is 38.5. The molecule has 5 N–H and O–H groups in total. The molecule has 3 heterocycles. The monoisotopic (exact) mass is 1130 g/mol. The van der Waals surface area contributed by atoms with Gasteiger partial charge in [-0.25, -0.2) is 0 Å². The first-order valence-corrected chi connectivity index (χ1v) is 28.5. The maximum absolute atomic E-state index is 13.8. The van der Waals surface area contributed by atoms with Gasteiger partial charge in [-0.15, -0.1) is 15.3 Å². The largest absolute Gasteiger partial charge is 0.379 e. The van der Waals surface area contributed by atoms with E-state index in [9.17, 15) is 33.4 Å². The molecular formula is C50H88N13O14P. The van der Waals surface area contributed by atoms with E-state index in [1.807, 2.05) is 0 Å². The Morgan fingerprint density at radius 3 is 1.38 bits per heavy atom. The fraction of sp³-hybridized carbons (Fsp3) is 0.780. The number of aromatic nitrogens is 9. The van der Waals surface area contributed by atoms with Gasteiger partial charge in [0.25, 0.3) is 0 Å². The van der Waals surface area contributed by atoms with Crippen LogP contribution in [0.1, 0.15) is 134 Å². The Morgan fingerprint density at radius 1 is 0.487 bits per heavy atom. The zero-order chi connectivity index (χ0) is 56.9. The van der Waals surface area contributed by atoms with Crippen LogP contribution in [0.2, 0.25) is 0 Å². The van der Waals surface area contributed by atoms with Crippen molar-refractivity contribution in [2.24, 2.45) is 21.1 Å². The number of rotatable bonds is 47. The molecule has 4 amide bonds. The van der Waals surface area contributed by atoms with Crippen LogP contribution in [0.15, 0.2) is 18.6 Å². The van der Waals surface area contributed by atoms with E-state index in [0.717, 1.165) is 12.8 Å². The summed E-state index contributed by atoms with van der Waals surface area (Å²) in [6.07, 6.45) is 9.60. The van der Waals surface area contributed by atoms with Gasteiger partial charge in [-0.1, -0.05) is 28.5 Å². The van der Waals surface area contributed by atoms with Gasteiger partial charge in [0, 0.05) is 91.4 Å². The molecule has 0 aliphatic carbocycles. The lowest BCUT2D eigenvalue weighted by Gasteiger charge is -2.35. The van der Waals surface area contributed by atoms with Crippen molar-refractivity contribution in [3.63, 3.8) is 0 Å². The van der Waals surface area contributed by atoms with Gasteiger partial charge in [-0.2, -0.15) is 0 Å². The molecule has 3 aromatic heterocycles. The number of Topliss-reactive ketones (excluding diaryl/α,β-unsaturated/α-hetero) is 1. The lowest BCUT2D eigenvalue weighted by Crippen LogP contribution is -2.50. The number of unbranched alkanes of at least 4 members (excludes halogenated alkanes) is 3. The molecule has 0 aliphatic rings. The van der Waals surface area contributed by atoms with Crippen LogP contribution in [-0.2, 0) is 102 Å². The van der Waals surface area contributed by atoms with Gasteiger partial charge in [0.15, 0.2) is 0 Å². The average Bonchev–Trinajstić information content (AvgIpc) is 4.14. The summed E-state index contributed by atoms with van der Waals surface area (Å²) in [5, 5.41) is 34.4. The highest BCUT2D eigenvalue weighted by Crippen LogP contribution is 2.54. The minimum Gasteiger partial charge on any atom is -0.379 e. The molecule has 0 saturated carbocycles. The highest BCUT2D eigenvalue weighted by atomic mass is 31.2. The van der Waals surface area contributed by atoms with E-state index in [1.54, 1.807) is 74.6 Å². The number of ketones is 1. The molecule has 28 heteroatoms. The number of nitrogens with zero attached hydrogens (tertiary/aromatic N) is 9. The third kappa shape index (κ3) is 31.5. The predicted molar refractivity (Wildman–Crippen MR) is 284 cm³/mol. The fourth-order valence-electron chi connectivity index (χ4n) is 7.47. The summed E-state index contributed by atoms with van der Waals surface area (Å²) in [7, 11) is 1.60. The van der Waals surface area contributed by atoms with Gasteiger partial charge in [0.2, 0.25) is 23.6 Å². The van der Waals surface area contributed by atoms with E-state index in [0.29, 0.717) is 109 Å². The molecular weight excluding hydrogens is 1040 g/mol. The smallest absolute Gasteiger partial charge is 0.333 e. The van der Waals surface area contributed by atoms with E-state index in [2.05, 4.69) is 52.2 Å². The molecule has 0 aromatic carbocycles. The Kier molecular flexibility index (Phi) is 33.1. The number of carbonyl (C=O) groups excluding carboxylic acids is 5. The summed E-state index contributed by atoms with van der Waals surface area (Å²) in [5.41, 5.74) is 0.958. The SMILES string of the molecule is Cn1cc(COCCOCCCC(=O)CCC(CCC(=O)NCCOCCOCc2cn(C)nn2)(CCC(=O)NCCOCCOCc2cn(C)nn2)NC(=O)CCCC(=O)NCCCCCCOP(=O)(O)C(C)(C)C)nn1. The van der Waals surface area contributed by atoms with Crippen molar-refractivity contribution in [2.45, 2.75) is 148 Å². The Morgan fingerprint density at radius 2 is 0.910 bits per heavy atom. The van der Waals surface area contributed by atoms with Crippen LogP contribution in [0.5, 0.6) is 0 Å². The van der Waals surface area contributed by atoms with Gasteiger partial charge >= 0.3 is 7.60 Å². The molecule has 78 heavy (non-hydrogen) atoms. The highest BCUT2D eigenvalue weighted by Gasteiger charge is 2.36. The normalized spacial score (nSPS) is 12.6. The molecule has 27 nitrogen and oxygen atoms in total. The minimum atomic E-state index is -3.71. The predicted octanol–water partition coefficient (Wildman–Crippen LogP) is 2.70. The lowest BCUT2D eigenvalue weighted by atomic mass is 9.82. The molecule has 1 atom stereocenters. The van der Waals surface area contributed by atoms with E-state index in [1.165, 1.54) is 0 Å². The van der Waals surface area contributed by atoms with Crippen molar-refractivity contribution < 1.29 is 66.4 Å². The van der Waals surface area contributed by atoms with Crippen molar-refractivity contribution in [3.05, 3.63) is 35.7 Å². The molecule has 3 rings (SSSR count). The molecule has 0 spiro atoms. The summed E-state index contributed by atoms with van der Waals surface area (Å²) < 4.78 is 56.0. The van der Waals surface area contributed by atoms with Gasteiger partial charge in [-0.3, -0.25) is 42.6 Å². The van der Waals surface area contributed by atoms with E-state index in [-0.39, 0.29) is 127 Å². The number of hydrogen-bond donors (Lipinski definition) is 5. The van der Waals surface area contributed by atoms with E-state index in [4.69, 9.17) is 32.9 Å². The zero-order valence-corrected chi connectivity index (χ0v) is 47.8. The molecule has 0 radical (unpaired) electrons. The van der Waals surface area contributed by atoms with Crippen LogP contribution in [0, 0.1) is 0 Å². The van der Waals surface area contributed by atoms with Crippen molar-refractivity contribution in [1.82, 2.24) is 66.2 Å². The van der Waals surface area contributed by atoms with Crippen molar-refractivity contribution in [2.75, 3.05) is 85.7 Å². The number of amides is 4. The number of carbonyl (C=O) groups is 5. The van der Waals surface area contributed by atoms with Crippen LogP contribution >= 0.6 is 7.60 Å². The summed E-state index contributed by atoms with van der Waals surface area (Å²) >= 11 is 0. The second-order valence-corrected chi connectivity index (χ2v) is 22.6. The standard InChI is InChI=1S/C50H88N13O14P/c1-49(2,3)78(69,70)77-26-10-8-7-9-22-51-45(65)14-11-15-48(68)54-50(19-16-44(64)13-12-25-71-29-32-74-38-41-35-61(4)58-55-41,20-17-46(66)52-23-27-72-30-33-75-39-42-36-62(5)59-56-42)21-18-47(67)53-24-28-73-31-34-76-40-43-37-63(6)60-57-43/h35-37H,7-34,38-40H2,1-6H3,(H,51,65)(H,52,66)(H,53,67)(H,54,68)(H,69,70). The number of ether oxygens (including phenoxy) is 6. The third-order valence-corrected chi connectivity index (χ3v) is 14.2. The average molecular weight is 1130 g/mol. The number of nitrogens with one attached hydrogen (secondary N) is 4. The van der Waals surface area contributed by atoms with Crippen LogP contribution in [-0.4, -0.2) is 176 Å². The zero-order valence-electron chi connectivity index (χ0n) is 46.9. The summed E-state index contributed by atoms with van der Waals surface area (Å²) in [6.45, 7) is 9.63. The van der Waals surface area contributed by atoms with Gasteiger partial charge < -0.3 is 59.1 Å². The first kappa shape index (κ1) is 67.2. The Balaban J connectivity index is 1.55. The van der Waals surface area contributed by atoms with Crippen LogP contribution in [0.25, 0.3) is 0 Å². The van der Waals surface area contributed by atoms with Gasteiger partial charge in [0.05, 0.1) is 103 Å². The maximum atomic E-state index is 13.8. The molecule has 1 unspecified atom stereocenters. The molecule has 3 aromatic rings. The Labute approximate surface area is 458 Å². The molecule has 0 saturated heterocycles. The first-order chi connectivity index (χ1) is 37.3. The summed E-state index contributed by atoms with van der Waals surface area (Å²) in [6, 6.07) is 0. The van der Waals surface area contributed by atoms with Gasteiger partial charge in [0.1, 0.15) is 22.9 Å². The van der Waals surface area contributed by atoms with Crippen molar-refractivity contribution >= 4 is 37.0 Å². The highest BCUT2D eigenvalue weighted by molar-refractivity contribution is 7.54. The van der Waals surface area contributed by atoms with E-state index < -0.39 is 18.3 Å².